The lowest BCUT2D eigenvalue weighted by Crippen LogP contribution is -2.18. The van der Waals surface area contributed by atoms with Gasteiger partial charge in [0.15, 0.2) is 0 Å². The standard InChI is InChI=1S/C18H15ClFN/c1-21-18(12-5-4-6-13(20)11-12)16-9-10-17(19)15-8-3-2-7-14(15)16/h2-11,18,21H,1H3. The predicted octanol–water partition coefficient (Wildman–Crippen LogP) is 4.94. The maximum absolute atomic E-state index is 13.5. The van der Waals surface area contributed by atoms with Gasteiger partial charge in [0.25, 0.3) is 0 Å². The molecule has 1 atom stereocenters. The van der Waals surface area contributed by atoms with Crippen molar-refractivity contribution >= 4 is 22.4 Å². The third kappa shape index (κ3) is 2.65. The first-order valence-electron chi connectivity index (χ1n) is 6.80. The number of fused-ring (bicyclic) bond motifs is 1. The zero-order valence-corrected chi connectivity index (χ0v) is 12.4. The number of nitrogens with one attached hydrogen (secondary N) is 1. The van der Waals surface area contributed by atoms with Gasteiger partial charge in [0, 0.05) is 10.4 Å². The Labute approximate surface area is 128 Å². The van der Waals surface area contributed by atoms with E-state index in [9.17, 15) is 4.39 Å². The molecule has 0 amide bonds. The second-order valence-electron chi connectivity index (χ2n) is 4.96. The van der Waals surface area contributed by atoms with Crippen LogP contribution in [0.15, 0.2) is 60.7 Å². The molecular formula is C18H15ClFN. The lowest BCUT2D eigenvalue weighted by atomic mass is 9.94. The molecule has 0 aliphatic rings. The van der Waals surface area contributed by atoms with Crippen LogP contribution in [0.5, 0.6) is 0 Å². The maximum Gasteiger partial charge on any atom is 0.123 e. The molecule has 1 unspecified atom stereocenters. The first-order valence-corrected chi connectivity index (χ1v) is 7.18. The normalized spacial score (nSPS) is 12.5. The molecule has 3 heteroatoms. The first kappa shape index (κ1) is 14.1. The minimum Gasteiger partial charge on any atom is -0.309 e. The van der Waals surface area contributed by atoms with Crippen molar-refractivity contribution in [1.29, 1.82) is 0 Å². The van der Waals surface area contributed by atoms with E-state index in [4.69, 9.17) is 11.6 Å². The van der Waals surface area contributed by atoms with Gasteiger partial charge < -0.3 is 5.32 Å². The smallest absolute Gasteiger partial charge is 0.123 e. The van der Waals surface area contributed by atoms with E-state index in [0.29, 0.717) is 0 Å². The van der Waals surface area contributed by atoms with Gasteiger partial charge in [-0.25, -0.2) is 4.39 Å². The molecule has 0 aromatic heterocycles. The molecule has 0 fully saturated rings. The van der Waals surface area contributed by atoms with E-state index in [1.165, 1.54) is 6.07 Å². The van der Waals surface area contributed by atoms with Gasteiger partial charge in [-0.2, -0.15) is 0 Å². The quantitative estimate of drug-likeness (QED) is 0.722. The highest BCUT2D eigenvalue weighted by atomic mass is 35.5. The third-order valence-electron chi connectivity index (χ3n) is 3.69. The van der Waals surface area contributed by atoms with E-state index in [-0.39, 0.29) is 11.9 Å². The zero-order chi connectivity index (χ0) is 14.8. The van der Waals surface area contributed by atoms with Crippen molar-refractivity contribution in [2.75, 3.05) is 7.05 Å². The molecular weight excluding hydrogens is 285 g/mol. The average Bonchev–Trinajstić information content (AvgIpc) is 2.51. The first-order chi connectivity index (χ1) is 10.2. The van der Waals surface area contributed by atoms with Crippen molar-refractivity contribution in [3.05, 3.63) is 82.6 Å². The summed E-state index contributed by atoms with van der Waals surface area (Å²) in [6.07, 6.45) is 0. The highest BCUT2D eigenvalue weighted by Crippen LogP contribution is 2.32. The van der Waals surface area contributed by atoms with Crippen LogP contribution in [0.1, 0.15) is 17.2 Å². The minimum absolute atomic E-state index is 0.0807. The Bertz CT molecular complexity index is 785. The molecule has 1 nitrogen and oxygen atoms in total. The third-order valence-corrected chi connectivity index (χ3v) is 4.02. The number of halogens is 2. The van der Waals surface area contributed by atoms with Crippen molar-refractivity contribution in [3.8, 4) is 0 Å². The molecule has 1 N–H and O–H groups in total. The molecule has 0 bridgehead atoms. The molecule has 3 rings (SSSR count). The fourth-order valence-electron chi connectivity index (χ4n) is 2.73. The van der Waals surface area contributed by atoms with Gasteiger partial charge in [-0.15, -0.1) is 0 Å². The lowest BCUT2D eigenvalue weighted by Gasteiger charge is -2.20. The topological polar surface area (TPSA) is 12.0 Å². The number of benzene rings is 3. The number of hydrogen-bond donors (Lipinski definition) is 1. The van der Waals surface area contributed by atoms with Gasteiger partial charge in [-0.3, -0.25) is 0 Å². The Morgan fingerprint density at radius 1 is 0.952 bits per heavy atom. The van der Waals surface area contributed by atoms with Crippen molar-refractivity contribution in [1.82, 2.24) is 5.32 Å². The van der Waals surface area contributed by atoms with Gasteiger partial charge in [0.2, 0.25) is 0 Å². The molecule has 0 aliphatic heterocycles. The molecule has 21 heavy (non-hydrogen) atoms. The maximum atomic E-state index is 13.5. The fraction of sp³-hybridized carbons (Fsp3) is 0.111. The summed E-state index contributed by atoms with van der Waals surface area (Å²) in [6, 6.07) is 18.5. The Morgan fingerprint density at radius 2 is 1.71 bits per heavy atom. The largest absolute Gasteiger partial charge is 0.309 e. The van der Waals surface area contributed by atoms with E-state index in [0.717, 1.165) is 26.9 Å². The van der Waals surface area contributed by atoms with Crippen molar-refractivity contribution in [2.45, 2.75) is 6.04 Å². The molecule has 0 heterocycles. The summed E-state index contributed by atoms with van der Waals surface area (Å²) in [6.45, 7) is 0. The van der Waals surface area contributed by atoms with E-state index in [1.54, 1.807) is 12.1 Å². The predicted molar refractivity (Wildman–Crippen MR) is 86.3 cm³/mol. The summed E-state index contributed by atoms with van der Waals surface area (Å²) < 4.78 is 13.5. The Morgan fingerprint density at radius 3 is 2.43 bits per heavy atom. The highest BCUT2D eigenvalue weighted by Gasteiger charge is 2.16. The van der Waals surface area contributed by atoms with Crippen LogP contribution in [-0.2, 0) is 0 Å². The van der Waals surface area contributed by atoms with Gasteiger partial charge in [0.1, 0.15) is 5.82 Å². The second kappa shape index (κ2) is 5.84. The molecule has 0 radical (unpaired) electrons. The summed E-state index contributed by atoms with van der Waals surface area (Å²) in [4.78, 5) is 0. The van der Waals surface area contributed by atoms with E-state index >= 15 is 0 Å². The Balaban J connectivity index is 2.20. The zero-order valence-electron chi connectivity index (χ0n) is 11.6. The van der Waals surface area contributed by atoms with Gasteiger partial charge >= 0.3 is 0 Å². The van der Waals surface area contributed by atoms with Gasteiger partial charge in [0.05, 0.1) is 6.04 Å². The fourth-order valence-corrected chi connectivity index (χ4v) is 2.95. The van der Waals surface area contributed by atoms with E-state index in [1.807, 2.05) is 49.5 Å². The van der Waals surface area contributed by atoms with Crippen LogP contribution in [0.3, 0.4) is 0 Å². The number of rotatable bonds is 3. The summed E-state index contributed by atoms with van der Waals surface area (Å²) >= 11 is 6.27. The van der Waals surface area contributed by atoms with Crippen LogP contribution >= 0.6 is 11.6 Å². The SMILES string of the molecule is CNC(c1cccc(F)c1)c1ccc(Cl)c2ccccc12. The minimum atomic E-state index is -0.231. The van der Waals surface area contributed by atoms with Crippen LogP contribution in [0.4, 0.5) is 4.39 Å². The highest BCUT2D eigenvalue weighted by molar-refractivity contribution is 6.35. The molecule has 0 saturated heterocycles. The lowest BCUT2D eigenvalue weighted by molar-refractivity contribution is 0.617. The van der Waals surface area contributed by atoms with Crippen molar-refractivity contribution in [2.24, 2.45) is 0 Å². The molecule has 106 valence electrons. The van der Waals surface area contributed by atoms with Crippen LogP contribution in [0.2, 0.25) is 5.02 Å². The number of hydrogen-bond acceptors (Lipinski definition) is 1. The van der Waals surface area contributed by atoms with Crippen LogP contribution < -0.4 is 5.32 Å². The molecule has 0 saturated carbocycles. The van der Waals surface area contributed by atoms with Crippen molar-refractivity contribution < 1.29 is 4.39 Å². The summed E-state index contributed by atoms with van der Waals surface area (Å²) in [5, 5.41) is 6.07. The summed E-state index contributed by atoms with van der Waals surface area (Å²) in [5.74, 6) is -0.231. The van der Waals surface area contributed by atoms with Crippen LogP contribution in [-0.4, -0.2) is 7.05 Å². The molecule has 0 aliphatic carbocycles. The van der Waals surface area contributed by atoms with E-state index in [2.05, 4.69) is 5.32 Å². The average molecular weight is 300 g/mol. The van der Waals surface area contributed by atoms with Crippen molar-refractivity contribution in [3.63, 3.8) is 0 Å². The molecule has 3 aromatic rings. The van der Waals surface area contributed by atoms with E-state index < -0.39 is 0 Å². The molecule has 3 aromatic carbocycles. The van der Waals surface area contributed by atoms with Crippen LogP contribution in [0, 0.1) is 5.82 Å². The Kier molecular flexibility index (Phi) is 3.91. The monoisotopic (exact) mass is 299 g/mol. The second-order valence-corrected chi connectivity index (χ2v) is 5.37. The summed E-state index contributed by atoms with van der Waals surface area (Å²) in [5.41, 5.74) is 1.98. The summed E-state index contributed by atoms with van der Waals surface area (Å²) in [7, 11) is 1.87. The van der Waals surface area contributed by atoms with Crippen LogP contribution in [0.25, 0.3) is 10.8 Å². The molecule has 0 spiro atoms. The van der Waals surface area contributed by atoms with Gasteiger partial charge in [-0.05, 0) is 41.8 Å². The Hall–Kier alpha value is -1.90. The van der Waals surface area contributed by atoms with Gasteiger partial charge in [-0.1, -0.05) is 54.1 Å².